The number of carbonyl (C=O) groups is 1. The molecule has 1 aliphatic rings. The highest BCUT2D eigenvalue weighted by Crippen LogP contribution is 2.19. The van der Waals surface area contributed by atoms with Gasteiger partial charge in [-0.15, -0.1) is 0 Å². The van der Waals surface area contributed by atoms with Gasteiger partial charge in [0.15, 0.2) is 5.82 Å². The lowest BCUT2D eigenvalue weighted by Gasteiger charge is -2.17. The summed E-state index contributed by atoms with van der Waals surface area (Å²) in [4.78, 5) is 16.0. The minimum absolute atomic E-state index is 0.188. The molecular weight excluding hydrogens is 262 g/mol. The molecule has 1 amide bonds. The molecule has 0 unspecified atom stereocenters. The molecule has 1 aliphatic carbocycles. The second-order valence-corrected chi connectivity index (χ2v) is 5.51. The maximum Gasteiger partial charge on any atom is 0.227 e. The van der Waals surface area contributed by atoms with Gasteiger partial charge >= 0.3 is 0 Å². The third-order valence-electron chi connectivity index (χ3n) is 3.49. The fourth-order valence-corrected chi connectivity index (χ4v) is 2.22. The topological polar surface area (TPSA) is 108 Å². The first-order chi connectivity index (χ1) is 9.47. The summed E-state index contributed by atoms with van der Waals surface area (Å²) < 4.78 is 5.05. The number of aliphatic hydroxyl groups is 2. The van der Waals surface area contributed by atoms with E-state index in [1.165, 1.54) is 0 Å². The van der Waals surface area contributed by atoms with Gasteiger partial charge in [-0.25, -0.2) is 0 Å². The second kappa shape index (κ2) is 6.32. The van der Waals surface area contributed by atoms with Crippen molar-refractivity contribution in [2.75, 3.05) is 0 Å². The number of hydrogen-bond acceptors (Lipinski definition) is 6. The van der Waals surface area contributed by atoms with Crippen molar-refractivity contribution in [3.63, 3.8) is 0 Å². The van der Waals surface area contributed by atoms with Crippen molar-refractivity contribution in [3.05, 3.63) is 11.7 Å². The van der Waals surface area contributed by atoms with Crippen molar-refractivity contribution in [3.8, 4) is 0 Å². The maximum atomic E-state index is 11.8. The molecule has 0 aromatic carbocycles. The number of nitrogens with one attached hydrogen (secondary N) is 1. The van der Waals surface area contributed by atoms with E-state index in [1.54, 1.807) is 0 Å². The zero-order chi connectivity index (χ0) is 14.7. The Balaban J connectivity index is 1.77. The molecule has 1 saturated carbocycles. The maximum absolute atomic E-state index is 11.8. The van der Waals surface area contributed by atoms with E-state index in [0.717, 1.165) is 0 Å². The van der Waals surface area contributed by atoms with Crippen LogP contribution < -0.4 is 5.32 Å². The Kier molecular flexibility index (Phi) is 4.72. The van der Waals surface area contributed by atoms with E-state index in [0.29, 0.717) is 31.0 Å². The molecule has 0 saturated heterocycles. The largest absolute Gasteiger partial charge is 0.390 e. The highest BCUT2D eigenvalue weighted by atomic mass is 16.5. The smallest absolute Gasteiger partial charge is 0.227 e. The monoisotopic (exact) mass is 283 g/mol. The normalized spacial score (nSPS) is 26.1. The van der Waals surface area contributed by atoms with Crippen LogP contribution in [0.3, 0.4) is 0 Å². The Bertz CT molecular complexity index is 460. The van der Waals surface area contributed by atoms with Crippen LogP contribution in [-0.4, -0.2) is 44.5 Å². The predicted molar refractivity (Wildman–Crippen MR) is 69.9 cm³/mol. The van der Waals surface area contributed by atoms with Crippen molar-refractivity contribution < 1.29 is 19.5 Å². The van der Waals surface area contributed by atoms with Crippen LogP contribution in [0.15, 0.2) is 4.52 Å². The van der Waals surface area contributed by atoms with Crippen LogP contribution in [0.1, 0.15) is 50.7 Å². The number of aliphatic hydroxyl groups excluding tert-OH is 2. The Morgan fingerprint density at radius 1 is 1.45 bits per heavy atom. The summed E-state index contributed by atoms with van der Waals surface area (Å²) in [6, 6.07) is -0.369. The number of hydrogen-bond donors (Lipinski definition) is 3. The van der Waals surface area contributed by atoms with Crippen molar-refractivity contribution in [2.45, 2.75) is 63.7 Å². The molecule has 0 radical (unpaired) electrons. The number of carbonyl (C=O) groups excluding carboxylic acids is 1. The Hall–Kier alpha value is -1.47. The van der Waals surface area contributed by atoms with Crippen molar-refractivity contribution in [1.29, 1.82) is 0 Å². The van der Waals surface area contributed by atoms with Crippen LogP contribution in [0.25, 0.3) is 0 Å². The molecule has 112 valence electrons. The van der Waals surface area contributed by atoms with Crippen molar-refractivity contribution in [1.82, 2.24) is 15.5 Å². The zero-order valence-corrected chi connectivity index (χ0v) is 11.7. The van der Waals surface area contributed by atoms with Gasteiger partial charge in [-0.05, 0) is 12.8 Å². The predicted octanol–water partition coefficient (Wildman–Crippen LogP) is 0.126. The Morgan fingerprint density at radius 3 is 2.75 bits per heavy atom. The van der Waals surface area contributed by atoms with E-state index < -0.39 is 12.2 Å². The van der Waals surface area contributed by atoms with Crippen LogP contribution in [0.5, 0.6) is 0 Å². The van der Waals surface area contributed by atoms with Crippen molar-refractivity contribution in [2.24, 2.45) is 0 Å². The summed E-state index contributed by atoms with van der Waals surface area (Å²) in [5.41, 5.74) is 0. The third-order valence-corrected chi connectivity index (χ3v) is 3.49. The molecule has 7 heteroatoms. The minimum atomic E-state index is -0.880. The minimum Gasteiger partial charge on any atom is -0.390 e. The summed E-state index contributed by atoms with van der Waals surface area (Å²) in [7, 11) is 0. The summed E-state index contributed by atoms with van der Waals surface area (Å²) in [5, 5.41) is 25.6. The van der Waals surface area contributed by atoms with E-state index in [9.17, 15) is 15.0 Å². The fourth-order valence-electron chi connectivity index (χ4n) is 2.22. The lowest BCUT2D eigenvalue weighted by molar-refractivity contribution is -0.122. The lowest BCUT2D eigenvalue weighted by Crippen LogP contribution is -2.43. The zero-order valence-electron chi connectivity index (χ0n) is 11.7. The van der Waals surface area contributed by atoms with Gasteiger partial charge in [0.05, 0.1) is 18.2 Å². The molecule has 0 spiro atoms. The summed E-state index contributed by atoms with van der Waals surface area (Å²) >= 11 is 0. The molecule has 1 aromatic rings. The van der Waals surface area contributed by atoms with E-state index in [2.05, 4.69) is 15.5 Å². The summed E-state index contributed by atoms with van der Waals surface area (Å²) in [5.74, 6) is 1.08. The molecule has 3 N–H and O–H groups in total. The van der Waals surface area contributed by atoms with Crippen LogP contribution in [0.2, 0.25) is 0 Å². The van der Waals surface area contributed by atoms with Crippen LogP contribution >= 0.6 is 0 Å². The van der Waals surface area contributed by atoms with Gasteiger partial charge in [-0.2, -0.15) is 4.98 Å². The molecule has 20 heavy (non-hydrogen) atoms. The molecule has 7 nitrogen and oxygen atoms in total. The molecule has 3 atom stereocenters. The first-order valence-corrected chi connectivity index (χ1v) is 6.95. The fraction of sp³-hybridized carbons (Fsp3) is 0.769. The van der Waals surface area contributed by atoms with E-state index in [4.69, 9.17) is 4.52 Å². The highest BCUT2D eigenvalue weighted by molar-refractivity contribution is 5.76. The molecular formula is C13H21N3O4. The van der Waals surface area contributed by atoms with Crippen LogP contribution in [-0.2, 0) is 11.2 Å². The van der Waals surface area contributed by atoms with Gasteiger partial charge in [0.2, 0.25) is 11.8 Å². The lowest BCUT2D eigenvalue weighted by atomic mass is 10.2. The van der Waals surface area contributed by atoms with E-state index in [-0.39, 0.29) is 24.3 Å². The quantitative estimate of drug-likeness (QED) is 0.708. The first-order valence-electron chi connectivity index (χ1n) is 6.95. The van der Waals surface area contributed by atoms with Gasteiger partial charge in [0.1, 0.15) is 0 Å². The number of rotatable bonds is 5. The molecule has 1 fully saturated rings. The number of amides is 1. The van der Waals surface area contributed by atoms with Crippen molar-refractivity contribution >= 4 is 5.91 Å². The van der Waals surface area contributed by atoms with E-state index in [1.807, 2.05) is 13.8 Å². The van der Waals surface area contributed by atoms with Gasteiger partial charge in [-0.3, -0.25) is 4.79 Å². The first kappa shape index (κ1) is 14.9. The number of nitrogens with zero attached hydrogens (tertiary/aromatic N) is 2. The summed E-state index contributed by atoms with van der Waals surface area (Å²) in [6.07, 6.45) is 0.0649. The number of aromatic nitrogens is 2. The van der Waals surface area contributed by atoms with Gasteiger partial charge in [0, 0.05) is 18.8 Å². The third kappa shape index (κ3) is 3.55. The van der Waals surface area contributed by atoms with E-state index >= 15 is 0 Å². The Labute approximate surface area is 117 Å². The summed E-state index contributed by atoms with van der Waals surface area (Å²) in [6.45, 7) is 3.93. The Morgan fingerprint density at radius 2 is 2.20 bits per heavy atom. The van der Waals surface area contributed by atoms with Crippen LogP contribution in [0.4, 0.5) is 0 Å². The highest BCUT2D eigenvalue weighted by Gasteiger charge is 2.34. The van der Waals surface area contributed by atoms with Gasteiger partial charge in [-0.1, -0.05) is 19.0 Å². The molecule has 1 aromatic heterocycles. The SMILES string of the molecule is CC(C)c1noc(CCC(=O)N[C@@H]2CC[C@@H](O)[C@@H]2O)n1. The standard InChI is InChI=1S/C13H21N3O4/c1-7(2)13-15-11(20-16-13)6-5-10(18)14-8-3-4-9(17)12(8)19/h7-9,12,17,19H,3-6H2,1-2H3,(H,14,18)/t8-,9-,12-/m1/s1. The van der Waals surface area contributed by atoms with Gasteiger partial charge in [0.25, 0.3) is 0 Å². The average Bonchev–Trinajstić information content (AvgIpc) is 2.99. The molecule has 1 heterocycles. The molecule has 0 aliphatic heterocycles. The van der Waals surface area contributed by atoms with Gasteiger partial charge < -0.3 is 20.1 Å². The van der Waals surface area contributed by atoms with Crippen LogP contribution in [0, 0.1) is 0 Å². The molecule has 0 bridgehead atoms. The average molecular weight is 283 g/mol. The molecule has 2 rings (SSSR count). The number of aryl methyl sites for hydroxylation is 1. The second-order valence-electron chi connectivity index (χ2n) is 5.51.